The molecule has 3 rings (SSSR count). The van der Waals surface area contributed by atoms with Crippen LogP contribution in [0.3, 0.4) is 0 Å². The van der Waals surface area contributed by atoms with Crippen molar-refractivity contribution in [3.05, 3.63) is 59.2 Å². The molecule has 0 aromatic heterocycles. The van der Waals surface area contributed by atoms with Gasteiger partial charge in [-0.3, -0.25) is 4.79 Å². The van der Waals surface area contributed by atoms with Gasteiger partial charge >= 0.3 is 0 Å². The molecule has 138 valence electrons. The van der Waals surface area contributed by atoms with Crippen molar-refractivity contribution in [3.63, 3.8) is 0 Å². The predicted octanol–water partition coefficient (Wildman–Crippen LogP) is 4.06. The average molecular weight is 390 g/mol. The number of benzene rings is 2. The Balaban J connectivity index is 1.66. The van der Waals surface area contributed by atoms with Crippen LogP contribution in [0.2, 0.25) is 0 Å². The summed E-state index contributed by atoms with van der Waals surface area (Å²) >= 11 is 1.50. The highest BCUT2D eigenvalue weighted by Crippen LogP contribution is 2.24. The van der Waals surface area contributed by atoms with Crippen LogP contribution in [0.25, 0.3) is 0 Å². The van der Waals surface area contributed by atoms with Crippen LogP contribution in [0, 0.1) is 13.8 Å². The molecule has 0 radical (unpaired) electrons. The Morgan fingerprint density at radius 2 is 1.65 bits per heavy atom. The Morgan fingerprint density at radius 3 is 2.27 bits per heavy atom. The molecule has 1 heterocycles. The van der Waals surface area contributed by atoms with Crippen LogP contribution in [-0.2, 0) is 10.0 Å². The number of hydrogen-bond acceptors (Lipinski definition) is 4. The standard InChI is InChI=1S/C20H23NO3S2/c1-15-5-8-18(13-16(15)2)25-14-20(22)17-6-9-19(10-7-17)26(23,24)21-11-3-4-12-21/h5-10,13H,3-4,11-12,14H2,1-2H3. The highest BCUT2D eigenvalue weighted by molar-refractivity contribution is 8.00. The maximum absolute atomic E-state index is 12.5. The van der Waals surface area contributed by atoms with Crippen molar-refractivity contribution in [3.8, 4) is 0 Å². The van der Waals surface area contributed by atoms with Gasteiger partial charge in [0.15, 0.2) is 5.78 Å². The summed E-state index contributed by atoms with van der Waals surface area (Å²) in [6, 6.07) is 12.5. The van der Waals surface area contributed by atoms with Crippen molar-refractivity contribution >= 4 is 27.6 Å². The van der Waals surface area contributed by atoms with E-state index in [9.17, 15) is 13.2 Å². The lowest BCUT2D eigenvalue weighted by atomic mass is 10.1. The van der Waals surface area contributed by atoms with Gasteiger partial charge in [-0.1, -0.05) is 18.2 Å². The van der Waals surface area contributed by atoms with Crippen LogP contribution >= 0.6 is 11.8 Å². The van der Waals surface area contributed by atoms with Crippen molar-refractivity contribution in [1.29, 1.82) is 0 Å². The number of Topliss-reactive ketones (excluding diaryl/α,β-unsaturated/α-hetero) is 1. The summed E-state index contributed by atoms with van der Waals surface area (Å²) in [5, 5.41) is 0. The number of carbonyl (C=O) groups is 1. The lowest BCUT2D eigenvalue weighted by molar-refractivity contribution is 0.102. The second kappa shape index (κ2) is 7.94. The van der Waals surface area contributed by atoms with E-state index >= 15 is 0 Å². The van der Waals surface area contributed by atoms with Gasteiger partial charge in [0.2, 0.25) is 10.0 Å². The number of carbonyl (C=O) groups excluding carboxylic acids is 1. The third-order valence-electron chi connectivity index (χ3n) is 4.73. The Hall–Kier alpha value is -1.63. The number of nitrogens with zero attached hydrogens (tertiary/aromatic N) is 1. The quantitative estimate of drug-likeness (QED) is 0.552. The minimum absolute atomic E-state index is 0.00153. The fourth-order valence-corrected chi connectivity index (χ4v) is 5.33. The number of thioether (sulfide) groups is 1. The van der Waals surface area contributed by atoms with Gasteiger partial charge in [-0.2, -0.15) is 4.31 Å². The summed E-state index contributed by atoms with van der Waals surface area (Å²) in [7, 11) is -3.43. The second-order valence-corrected chi connectivity index (χ2v) is 9.58. The molecule has 1 fully saturated rings. The lowest BCUT2D eigenvalue weighted by Gasteiger charge is -2.15. The molecule has 0 atom stereocenters. The first kappa shape index (κ1) is 19.1. The summed E-state index contributed by atoms with van der Waals surface area (Å²) in [6.07, 6.45) is 1.82. The van der Waals surface area contributed by atoms with Crippen molar-refractivity contribution in [2.45, 2.75) is 36.5 Å². The maximum atomic E-state index is 12.5. The smallest absolute Gasteiger partial charge is 0.243 e. The average Bonchev–Trinajstić information content (AvgIpc) is 3.18. The number of sulfonamides is 1. The van der Waals surface area contributed by atoms with E-state index in [1.165, 1.54) is 27.2 Å². The SMILES string of the molecule is Cc1ccc(SCC(=O)c2ccc(S(=O)(=O)N3CCCC3)cc2)cc1C. The van der Waals surface area contributed by atoms with Gasteiger partial charge in [0.25, 0.3) is 0 Å². The second-order valence-electron chi connectivity index (χ2n) is 6.59. The van der Waals surface area contributed by atoms with Crippen LogP contribution in [0.15, 0.2) is 52.3 Å². The van der Waals surface area contributed by atoms with Crippen LogP contribution < -0.4 is 0 Å². The molecule has 0 aliphatic carbocycles. The number of ketones is 1. The van der Waals surface area contributed by atoms with E-state index < -0.39 is 10.0 Å². The Morgan fingerprint density at radius 1 is 1.00 bits per heavy atom. The van der Waals surface area contributed by atoms with Gasteiger partial charge in [-0.25, -0.2) is 8.42 Å². The van der Waals surface area contributed by atoms with Crippen LogP contribution in [-0.4, -0.2) is 37.3 Å². The molecule has 1 aliphatic rings. The molecule has 0 N–H and O–H groups in total. The van der Waals surface area contributed by atoms with Crippen molar-refractivity contribution in [2.75, 3.05) is 18.8 Å². The molecule has 4 nitrogen and oxygen atoms in total. The largest absolute Gasteiger partial charge is 0.293 e. The fraction of sp³-hybridized carbons (Fsp3) is 0.350. The predicted molar refractivity (Wildman–Crippen MR) is 105 cm³/mol. The van der Waals surface area contributed by atoms with Crippen molar-refractivity contribution < 1.29 is 13.2 Å². The molecule has 0 saturated carbocycles. The summed E-state index contributed by atoms with van der Waals surface area (Å²) in [5.41, 5.74) is 2.98. The van der Waals surface area contributed by atoms with E-state index in [0.29, 0.717) is 24.4 Å². The van der Waals surface area contributed by atoms with E-state index in [0.717, 1.165) is 17.7 Å². The van der Waals surface area contributed by atoms with E-state index in [1.54, 1.807) is 24.3 Å². The van der Waals surface area contributed by atoms with Crippen LogP contribution in [0.1, 0.15) is 34.3 Å². The van der Waals surface area contributed by atoms with Gasteiger partial charge in [-0.15, -0.1) is 11.8 Å². The zero-order chi connectivity index (χ0) is 18.7. The molecular weight excluding hydrogens is 366 g/mol. The topological polar surface area (TPSA) is 54.5 Å². The first-order chi connectivity index (χ1) is 12.4. The van der Waals surface area contributed by atoms with E-state index in [4.69, 9.17) is 0 Å². The van der Waals surface area contributed by atoms with Gasteiger partial charge in [0.1, 0.15) is 0 Å². The van der Waals surface area contributed by atoms with Crippen molar-refractivity contribution in [2.24, 2.45) is 0 Å². The van der Waals surface area contributed by atoms with Crippen LogP contribution in [0.5, 0.6) is 0 Å². The third-order valence-corrected chi connectivity index (χ3v) is 7.63. The third kappa shape index (κ3) is 4.19. The summed E-state index contributed by atoms with van der Waals surface area (Å²) in [6.45, 7) is 5.28. The normalized spacial score (nSPS) is 15.3. The number of hydrogen-bond donors (Lipinski definition) is 0. The van der Waals surface area contributed by atoms with Crippen LogP contribution in [0.4, 0.5) is 0 Å². The molecule has 0 bridgehead atoms. The summed E-state index contributed by atoms with van der Waals surface area (Å²) in [5.74, 6) is 0.333. The monoisotopic (exact) mass is 389 g/mol. The zero-order valence-corrected chi connectivity index (χ0v) is 16.7. The Kier molecular flexibility index (Phi) is 5.85. The molecule has 6 heteroatoms. The Labute approximate surface area is 159 Å². The van der Waals surface area contributed by atoms with E-state index in [1.807, 2.05) is 6.07 Å². The first-order valence-corrected chi connectivity index (χ1v) is 11.1. The number of rotatable bonds is 6. The molecule has 0 unspecified atom stereocenters. The molecule has 0 spiro atoms. The molecular formula is C20H23NO3S2. The fourth-order valence-electron chi connectivity index (χ4n) is 2.93. The van der Waals surface area contributed by atoms with Gasteiger partial charge in [0.05, 0.1) is 10.6 Å². The molecule has 26 heavy (non-hydrogen) atoms. The van der Waals surface area contributed by atoms with E-state index in [-0.39, 0.29) is 10.7 Å². The molecule has 2 aromatic carbocycles. The first-order valence-electron chi connectivity index (χ1n) is 8.71. The van der Waals surface area contributed by atoms with Gasteiger partial charge in [0, 0.05) is 23.5 Å². The van der Waals surface area contributed by atoms with Gasteiger partial charge in [-0.05, 0) is 62.1 Å². The highest BCUT2D eigenvalue weighted by atomic mass is 32.2. The molecule has 1 aliphatic heterocycles. The lowest BCUT2D eigenvalue weighted by Crippen LogP contribution is -2.27. The summed E-state index contributed by atoms with van der Waals surface area (Å²) in [4.78, 5) is 13.7. The molecule has 2 aromatic rings. The molecule has 0 amide bonds. The minimum atomic E-state index is -3.43. The van der Waals surface area contributed by atoms with E-state index in [2.05, 4.69) is 26.0 Å². The van der Waals surface area contributed by atoms with Crippen molar-refractivity contribution in [1.82, 2.24) is 4.31 Å². The zero-order valence-electron chi connectivity index (χ0n) is 15.1. The van der Waals surface area contributed by atoms with Gasteiger partial charge < -0.3 is 0 Å². The highest BCUT2D eigenvalue weighted by Gasteiger charge is 2.27. The molecule has 1 saturated heterocycles. The Bertz CT molecular complexity index is 899. The number of aryl methyl sites for hydroxylation is 2. The summed E-state index contributed by atoms with van der Waals surface area (Å²) < 4.78 is 26.6. The minimum Gasteiger partial charge on any atom is -0.293 e. The maximum Gasteiger partial charge on any atom is 0.243 e.